The van der Waals surface area contributed by atoms with Crippen LogP contribution in [0.1, 0.15) is 40.0 Å². The zero-order valence-electron chi connectivity index (χ0n) is 20.7. The summed E-state index contributed by atoms with van der Waals surface area (Å²) in [7, 11) is -5.07. The van der Waals surface area contributed by atoms with Crippen LogP contribution >= 0.6 is 7.82 Å². The van der Waals surface area contributed by atoms with Gasteiger partial charge in [0.1, 0.15) is 36.1 Å². The van der Waals surface area contributed by atoms with Gasteiger partial charge in [0.15, 0.2) is 5.60 Å². The maximum atomic E-state index is 12.2. The number of carbonyl (C=O) groups is 1. The van der Waals surface area contributed by atoms with E-state index in [4.69, 9.17) is 23.7 Å². The van der Waals surface area contributed by atoms with Crippen LogP contribution in [0.5, 0.6) is 0 Å². The number of carbonyl (C=O) groups excluding carboxylic acids is 1. The van der Waals surface area contributed by atoms with Crippen LogP contribution in [0.15, 0.2) is 11.1 Å². The fourth-order valence-corrected chi connectivity index (χ4v) is 8.53. The van der Waals surface area contributed by atoms with Crippen molar-refractivity contribution in [2.45, 2.75) is 81.3 Å². The Bertz CT molecular complexity index is 1050. The molecule has 4 heterocycles. The number of cyclic esters (lactones) is 1. The second-order valence-electron chi connectivity index (χ2n) is 11.0. The van der Waals surface area contributed by atoms with Crippen molar-refractivity contribution in [2.24, 2.45) is 17.3 Å². The Kier molecular flexibility index (Phi) is 6.60. The van der Waals surface area contributed by atoms with Crippen LogP contribution in [0.3, 0.4) is 0 Å². The van der Waals surface area contributed by atoms with Crippen molar-refractivity contribution >= 4 is 13.8 Å². The number of fused-ring (bicyclic) bond motifs is 4. The van der Waals surface area contributed by atoms with E-state index in [0.717, 1.165) is 24.0 Å². The minimum absolute atomic E-state index is 0. The molecule has 0 aromatic heterocycles. The first-order valence-corrected chi connectivity index (χ1v) is 13.2. The molecule has 0 aromatic rings. The summed E-state index contributed by atoms with van der Waals surface area (Å²) in [6, 6.07) is 0. The summed E-state index contributed by atoms with van der Waals surface area (Å²) >= 11 is 0. The van der Waals surface area contributed by atoms with Crippen LogP contribution in [0.2, 0.25) is 0 Å². The second-order valence-corrected chi connectivity index (χ2v) is 12.2. The van der Waals surface area contributed by atoms with E-state index in [1.807, 2.05) is 0 Å². The van der Waals surface area contributed by atoms with Gasteiger partial charge in [-0.15, -0.1) is 0 Å². The number of rotatable bonds is 6. The molecule has 0 amide bonds. The van der Waals surface area contributed by atoms with Crippen LogP contribution in [-0.4, -0.2) is 67.0 Å². The van der Waals surface area contributed by atoms with Crippen LogP contribution in [0.25, 0.3) is 0 Å². The molecule has 7 rings (SSSR count). The average Bonchev–Trinajstić information content (AvgIpc) is 3.62. The SMILES string of the molecule is CC(C)[C@]12O[C@H]1[C@H]1O[C@]13[C@]1(O[C@H]1C[C@H]1C4=C(CC[C@@]13C)C(=O)OC4)[C@@H]2OCCOP(=O)([O-])[O-].[Na+].[Na+]. The summed E-state index contributed by atoms with van der Waals surface area (Å²) in [5, 5.41) is 0. The van der Waals surface area contributed by atoms with Gasteiger partial charge in [-0.05, 0) is 36.7 Å². The summed E-state index contributed by atoms with van der Waals surface area (Å²) in [4.78, 5) is 34.0. The number of hydrogen-bond acceptors (Lipinski definition) is 10. The average molecular weight is 528 g/mol. The molecule has 7 aliphatic rings. The van der Waals surface area contributed by atoms with Crippen molar-refractivity contribution in [1.82, 2.24) is 0 Å². The monoisotopic (exact) mass is 528 g/mol. The molecule has 2 saturated carbocycles. The molecule has 0 N–H and O–H groups in total. The summed E-state index contributed by atoms with van der Waals surface area (Å²) in [6.45, 7) is 6.30. The van der Waals surface area contributed by atoms with Gasteiger partial charge in [0.25, 0.3) is 0 Å². The Morgan fingerprint density at radius 3 is 2.57 bits per heavy atom. The van der Waals surface area contributed by atoms with Crippen LogP contribution in [0, 0.1) is 17.3 Å². The van der Waals surface area contributed by atoms with Crippen molar-refractivity contribution in [2.75, 3.05) is 19.8 Å². The first-order valence-electron chi connectivity index (χ1n) is 11.7. The normalized spacial score (nSPS) is 49.8. The molecular weight excluding hydrogens is 501 g/mol. The molecule has 5 fully saturated rings. The molecule has 0 bridgehead atoms. The summed E-state index contributed by atoms with van der Waals surface area (Å²) in [6.07, 6.45) is 1.33. The number of phosphoric acid groups is 1. The predicted octanol–water partition coefficient (Wildman–Crippen LogP) is -6.02. The van der Waals surface area contributed by atoms with Crippen LogP contribution < -0.4 is 68.9 Å². The van der Waals surface area contributed by atoms with E-state index in [2.05, 4.69) is 25.3 Å². The number of phosphoric ester groups is 1. The molecule has 4 aliphatic heterocycles. The van der Waals surface area contributed by atoms with E-state index in [0.29, 0.717) is 13.0 Å². The Balaban J connectivity index is 0.00000127. The molecule has 3 aliphatic carbocycles. The maximum absolute atomic E-state index is 12.2. The topological polar surface area (TPSA) is 146 Å². The zero-order chi connectivity index (χ0) is 23.2. The van der Waals surface area contributed by atoms with Gasteiger partial charge in [-0.1, -0.05) is 20.8 Å². The van der Waals surface area contributed by atoms with Crippen LogP contribution in [-0.2, 0) is 37.6 Å². The van der Waals surface area contributed by atoms with Gasteiger partial charge < -0.3 is 42.6 Å². The molecule has 3 saturated heterocycles. The number of epoxide rings is 3. The van der Waals surface area contributed by atoms with E-state index in [-0.39, 0.29) is 114 Å². The van der Waals surface area contributed by atoms with Gasteiger partial charge in [-0.2, -0.15) is 0 Å². The van der Waals surface area contributed by atoms with Gasteiger partial charge in [0, 0.05) is 11.0 Å². The number of esters is 1. The molecular formula is C22H27Na2O10P. The molecule has 182 valence electrons. The minimum atomic E-state index is -5.07. The third-order valence-corrected chi connectivity index (χ3v) is 10.2. The van der Waals surface area contributed by atoms with E-state index in [1.165, 1.54) is 0 Å². The summed E-state index contributed by atoms with van der Waals surface area (Å²) < 4.78 is 46.5. The van der Waals surface area contributed by atoms with Crippen LogP contribution in [0.4, 0.5) is 0 Å². The zero-order valence-corrected chi connectivity index (χ0v) is 25.6. The molecule has 13 heteroatoms. The molecule has 10 nitrogen and oxygen atoms in total. The number of hydrogen-bond donors (Lipinski definition) is 0. The quantitative estimate of drug-likeness (QED) is 0.107. The molecule has 0 unspecified atom stereocenters. The molecule has 2 spiro atoms. The second kappa shape index (κ2) is 8.33. The molecule has 0 radical (unpaired) electrons. The van der Waals surface area contributed by atoms with E-state index in [1.54, 1.807) is 0 Å². The van der Waals surface area contributed by atoms with Crippen molar-refractivity contribution in [3.05, 3.63) is 11.1 Å². The third-order valence-electron chi connectivity index (χ3n) is 9.68. The Morgan fingerprint density at radius 2 is 1.89 bits per heavy atom. The fourth-order valence-electron chi connectivity index (χ4n) is 8.23. The van der Waals surface area contributed by atoms with Gasteiger partial charge in [-0.3, -0.25) is 0 Å². The van der Waals surface area contributed by atoms with Gasteiger partial charge in [-0.25, -0.2) is 4.79 Å². The van der Waals surface area contributed by atoms with Crippen molar-refractivity contribution in [3.8, 4) is 0 Å². The van der Waals surface area contributed by atoms with Gasteiger partial charge in [0.2, 0.25) is 0 Å². The predicted molar refractivity (Wildman–Crippen MR) is 104 cm³/mol. The minimum Gasteiger partial charge on any atom is -0.790 e. The molecule has 35 heavy (non-hydrogen) atoms. The molecule has 0 aromatic carbocycles. The first kappa shape index (κ1) is 27.7. The Hall–Kier alpha value is 1.16. The third kappa shape index (κ3) is 3.24. The van der Waals surface area contributed by atoms with E-state index < -0.39 is 30.7 Å². The fraction of sp³-hybridized carbons (Fsp3) is 0.864. The first-order chi connectivity index (χ1) is 15.5. The maximum Gasteiger partial charge on any atom is 1.00 e. The largest absolute Gasteiger partial charge is 1.00 e. The Morgan fingerprint density at radius 1 is 1.14 bits per heavy atom. The van der Waals surface area contributed by atoms with Gasteiger partial charge >= 0.3 is 65.1 Å². The van der Waals surface area contributed by atoms with Crippen molar-refractivity contribution in [3.63, 3.8) is 0 Å². The number of ether oxygens (including phenoxy) is 5. The van der Waals surface area contributed by atoms with E-state index >= 15 is 0 Å². The summed E-state index contributed by atoms with van der Waals surface area (Å²) in [5.41, 5.74) is -0.266. The van der Waals surface area contributed by atoms with E-state index in [9.17, 15) is 19.1 Å². The van der Waals surface area contributed by atoms with Crippen molar-refractivity contribution in [1.29, 1.82) is 0 Å². The smallest absolute Gasteiger partial charge is 0.790 e. The van der Waals surface area contributed by atoms with Crippen molar-refractivity contribution < 1.29 is 106 Å². The standard InChI is InChI=1S/C22H29O10P.2Na/c1-10(2)20-15(31-20)16-22(32-16)19(3)5-4-11-12(9-28-17(11)23)13(19)8-14-21(22,30-14)18(20)27-6-7-29-33(24,25)26;;/h10,13-16,18H,4-9H2,1-3H3,(H2,24,25,26);;/q;2*+1/p-2/t13-,14-,15-,16+,18+,19-,20-,21+,22+;;/m0../s1. The Labute approximate surface area is 247 Å². The molecule has 9 atom stereocenters. The van der Waals surface area contributed by atoms with Gasteiger partial charge in [0.05, 0.1) is 27.1 Å². The summed E-state index contributed by atoms with van der Waals surface area (Å²) in [5.74, 6) is 0.0426.